The van der Waals surface area contributed by atoms with Crippen molar-refractivity contribution in [3.05, 3.63) is 27.5 Å². The van der Waals surface area contributed by atoms with Crippen LogP contribution < -0.4 is 5.73 Å². The molecule has 1 heterocycles. The summed E-state index contributed by atoms with van der Waals surface area (Å²) in [6, 6.07) is 1.18. The van der Waals surface area contributed by atoms with E-state index in [1.54, 1.807) is 0 Å². The summed E-state index contributed by atoms with van der Waals surface area (Å²) in [5.41, 5.74) is 5.62. The van der Waals surface area contributed by atoms with Gasteiger partial charge in [0, 0.05) is 17.7 Å². The van der Waals surface area contributed by atoms with Gasteiger partial charge in [0.25, 0.3) is 6.43 Å². The highest BCUT2D eigenvalue weighted by Gasteiger charge is 2.18. The number of rotatable bonds is 4. The number of halogens is 3. The van der Waals surface area contributed by atoms with Crippen molar-refractivity contribution in [3.63, 3.8) is 0 Å². The Bertz CT molecular complexity index is 427. The first-order valence-corrected chi connectivity index (χ1v) is 5.52. The lowest BCUT2D eigenvalue weighted by Crippen LogP contribution is -2.10. The molecule has 0 spiro atoms. The third-order valence-electron chi connectivity index (χ3n) is 2.15. The maximum absolute atomic E-state index is 12.8. The SMILES string of the molecule is COC(=O)Cc1cc(C(F)F)c(CN)c(Br)n1. The Morgan fingerprint density at radius 2 is 2.29 bits per heavy atom. The number of methoxy groups -OCH3 is 1. The van der Waals surface area contributed by atoms with E-state index in [-0.39, 0.29) is 34.4 Å². The van der Waals surface area contributed by atoms with Crippen LogP contribution in [0.15, 0.2) is 10.7 Å². The first kappa shape index (κ1) is 14.0. The van der Waals surface area contributed by atoms with Gasteiger partial charge in [0.05, 0.1) is 19.2 Å². The number of nitrogens with two attached hydrogens (primary N) is 1. The van der Waals surface area contributed by atoms with Crippen molar-refractivity contribution in [1.82, 2.24) is 4.98 Å². The number of alkyl halides is 2. The lowest BCUT2D eigenvalue weighted by molar-refractivity contribution is -0.139. The third kappa shape index (κ3) is 3.44. The number of carbonyl (C=O) groups excluding carboxylic acids is 1. The van der Waals surface area contributed by atoms with Gasteiger partial charge in [-0.05, 0) is 22.0 Å². The van der Waals surface area contributed by atoms with Gasteiger partial charge in [-0.25, -0.2) is 13.8 Å². The highest BCUT2D eigenvalue weighted by Crippen LogP contribution is 2.28. The quantitative estimate of drug-likeness (QED) is 0.682. The fourth-order valence-electron chi connectivity index (χ4n) is 1.32. The van der Waals surface area contributed by atoms with Crippen molar-refractivity contribution in [3.8, 4) is 0 Å². The van der Waals surface area contributed by atoms with E-state index in [1.807, 2.05) is 0 Å². The lowest BCUT2D eigenvalue weighted by atomic mass is 10.1. The molecule has 0 bridgehead atoms. The van der Waals surface area contributed by atoms with Crippen LogP contribution in [0.4, 0.5) is 8.78 Å². The van der Waals surface area contributed by atoms with Crippen LogP contribution in [0.5, 0.6) is 0 Å². The predicted molar refractivity (Wildman–Crippen MR) is 60.5 cm³/mol. The van der Waals surface area contributed by atoms with Crippen LogP contribution in [0.1, 0.15) is 23.2 Å². The van der Waals surface area contributed by atoms with Crippen LogP contribution in [-0.4, -0.2) is 18.1 Å². The van der Waals surface area contributed by atoms with Gasteiger partial charge in [0.1, 0.15) is 4.60 Å². The molecule has 0 aliphatic carbocycles. The van der Waals surface area contributed by atoms with Crippen molar-refractivity contribution in [2.75, 3.05) is 7.11 Å². The van der Waals surface area contributed by atoms with Gasteiger partial charge in [-0.1, -0.05) is 0 Å². The molecule has 0 amide bonds. The van der Waals surface area contributed by atoms with Gasteiger partial charge in [-0.2, -0.15) is 0 Å². The summed E-state index contributed by atoms with van der Waals surface area (Å²) in [6.45, 7) is -0.0498. The van der Waals surface area contributed by atoms with Crippen LogP contribution in [-0.2, 0) is 22.5 Å². The van der Waals surface area contributed by atoms with Gasteiger partial charge in [-0.3, -0.25) is 4.79 Å². The van der Waals surface area contributed by atoms with E-state index in [9.17, 15) is 13.6 Å². The lowest BCUT2D eigenvalue weighted by Gasteiger charge is -2.11. The zero-order valence-corrected chi connectivity index (χ0v) is 10.6. The zero-order valence-electron chi connectivity index (χ0n) is 9.04. The van der Waals surface area contributed by atoms with Crippen LogP contribution in [0.25, 0.3) is 0 Å². The number of hydrogen-bond donors (Lipinski definition) is 1. The van der Waals surface area contributed by atoms with Crippen LogP contribution >= 0.6 is 15.9 Å². The monoisotopic (exact) mass is 308 g/mol. The number of pyridine rings is 1. The van der Waals surface area contributed by atoms with E-state index in [2.05, 4.69) is 25.7 Å². The fourth-order valence-corrected chi connectivity index (χ4v) is 1.94. The second kappa shape index (κ2) is 6.02. The maximum atomic E-state index is 12.8. The second-order valence-corrected chi connectivity index (χ2v) is 3.98. The molecule has 0 saturated heterocycles. The van der Waals surface area contributed by atoms with Gasteiger partial charge in [-0.15, -0.1) is 0 Å². The fraction of sp³-hybridized carbons (Fsp3) is 0.400. The predicted octanol–water partition coefficient (Wildman–Crippen LogP) is 1.96. The molecule has 1 rings (SSSR count). The molecular weight excluding hydrogens is 298 g/mol. The standard InChI is InChI=1S/C10H11BrF2N2O2/c1-17-8(16)3-5-2-6(10(12)13)7(4-14)9(11)15-5/h2,10H,3-4,14H2,1H3. The molecule has 0 aromatic carbocycles. The summed E-state index contributed by atoms with van der Waals surface area (Å²) in [6.07, 6.45) is -2.82. The van der Waals surface area contributed by atoms with E-state index in [0.29, 0.717) is 0 Å². The Morgan fingerprint density at radius 1 is 1.65 bits per heavy atom. The van der Waals surface area contributed by atoms with Crippen LogP contribution in [0.2, 0.25) is 0 Å². The summed E-state index contributed by atoms with van der Waals surface area (Å²) < 4.78 is 30.2. The number of ether oxygens (including phenoxy) is 1. The Labute approximate surface area is 105 Å². The first-order valence-electron chi connectivity index (χ1n) is 4.72. The summed E-state index contributed by atoms with van der Waals surface area (Å²) in [5.74, 6) is -0.537. The molecular formula is C10H11BrF2N2O2. The van der Waals surface area contributed by atoms with Gasteiger partial charge in [0.15, 0.2) is 0 Å². The van der Waals surface area contributed by atoms with Gasteiger partial charge >= 0.3 is 5.97 Å². The topological polar surface area (TPSA) is 65.2 Å². The van der Waals surface area contributed by atoms with E-state index in [4.69, 9.17) is 5.73 Å². The van der Waals surface area contributed by atoms with Gasteiger partial charge < -0.3 is 10.5 Å². The van der Waals surface area contributed by atoms with Crippen LogP contribution in [0.3, 0.4) is 0 Å². The zero-order chi connectivity index (χ0) is 13.0. The van der Waals surface area contributed by atoms with Crippen LogP contribution in [0, 0.1) is 0 Å². The molecule has 0 fully saturated rings. The Hall–Kier alpha value is -1.08. The van der Waals surface area contributed by atoms with Crippen molar-refractivity contribution < 1.29 is 18.3 Å². The largest absolute Gasteiger partial charge is 0.469 e. The minimum atomic E-state index is -2.66. The van der Waals surface area contributed by atoms with Crippen molar-refractivity contribution in [2.45, 2.75) is 19.4 Å². The summed E-state index contributed by atoms with van der Waals surface area (Å²) in [7, 11) is 1.22. The Balaban J connectivity index is 3.15. The third-order valence-corrected chi connectivity index (χ3v) is 2.81. The molecule has 17 heavy (non-hydrogen) atoms. The molecule has 0 aliphatic heterocycles. The molecule has 94 valence electrons. The molecule has 0 unspecified atom stereocenters. The molecule has 4 nitrogen and oxygen atoms in total. The smallest absolute Gasteiger partial charge is 0.311 e. The molecule has 7 heteroatoms. The second-order valence-electron chi connectivity index (χ2n) is 3.23. The number of carbonyl (C=O) groups is 1. The normalized spacial score (nSPS) is 10.7. The minimum Gasteiger partial charge on any atom is -0.469 e. The maximum Gasteiger partial charge on any atom is 0.311 e. The number of nitrogens with zero attached hydrogens (tertiary/aromatic N) is 1. The first-order chi connectivity index (χ1) is 7.99. The van der Waals surface area contributed by atoms with E-state index in [1.165, 1.54) is 13.2 Å². The minimum absolute atomic E-state index is 0.0498. The van der Waals surface area contributed by atoms with E-state index in [0.717, 1.165) is 0 Å². The molecule has 1 aromatic heterocycles. The van der Waals surface area contributed by atoms with E-state index >= 15 is 0 Å². The van der Waals surface area contributed by atoms with Crippen molar-refractivity contribution in [1.29, 1.82) is 0 Å². The van der Waals surface area contributed by atoms with Crippen molar-refractivity contribution >= 4 is 21.9 Å². The molecule has 0 aliphatic rings. The Kier molecular flexibility index (Phi) is 4.95. The average molecular weight is 309 g/mol. The molecule has 0 atom stereocenters. The Morgan fingerprint density at radius 3 is 2.76 bits per heavy atom. The van der Waals surface area contributed by atoms with E-state index < -0.39 is 12.4 Å². The summed E-state index contributed by atoms with van der Waals surface area (Å²) >= 11 is 3.06. The summed E-state index contributed by atoms with van der Waals surface area (Å²) in [5, 5.41) is 0. The number of hydrogen-bond acceptors (Lipinski definition) is 4. The van der Waals surface area contributed by atoms with Crippen molar-refractivity contribution in [2.24, 2.45) is 5.73 Å². The molecule has 1 aromatic rings. The highest BCUT2D eigenvalue weighted by molar-refractivity contribution is 9.10. The number of aromatic nitrogens is 1. The molecule has 2 N–H and O–H groups in total. The highest BCUT2D eigenvalue weighted by atomic mass is 79.9. The average Bonchev–Trinajstić information content (AvgIpc) is 2.28. The number of esters is 1. The molecule has 0 saturated carbocycles. The molecule has 0 radical (unpaired) electrons. The van der Waals surface area contributed by atoms with Gasteiger partial charge in [0.2, 0.25) is 0 Å². The summed E-state index contributed by atoms with van der Waals surface area (Å²) in [4.78, 5) is 15.0.